The van der Waals surface area contributed by atoms with Gasteiger partial charge in [0.1, 0.15) is 0 Å². The lowest BCUT2D eigenvalue weighted by Crippen LogP contribution is -2.26. The van der Waals surface area contributed by atoms with Gasteiger partial charge in [0.05, 0.1) is 17.4 Å². The summed E-state index contributed by atoms with van der Waals surface area (Å²) >= 11 is 0. The third-order valence-electron chi connectivity index (χ3n) is 3.86. The molecular weight excluding hydrogens is 242 g/mol. The standard InChI is InChI=1S/C14H17N3O2/c18-14(19)16-7-5-11(9-16)6-8-17-10-15-12-3-1-2-4-13(12)17/h1-4,10-11H,5-9H2,(H,18,19). The molecule has 1 fully saturated rings. The number of para-hydroxylation sites is 2. The molecule has 1 aromatic carbocycles. The molecule has 0 saturated carbocycles. The lowest BCUT2D eigenvalue weighted by Gasteiger charge is -2.12. The van der Waals surface area contributed by atoms with Crippen molar-refractivity contribution in [1.29, 1.82) is 0 Å². The monoisotopic (exact) mass is 259 g/mol. The van der Waals surface area contributed by atoms with E-state index in [-0.39, 0.29) is 0 Å². The van der Waals surface area contributed by atoms with Gasteiger partial charge in [-0.1, -0.05) is 12.1 Å². The Bertz CT molecular complexity index is 593. The highest BCUT2D eigenvalue weighted by atomic mass is 16.4. The first-order chi connectivity index (χ1) is 9.24. The second-order valence-corrected chi connectivity index (χ2v) is 5.10. The minimum Gasteiger partial charge on any atom is -0.465 e. The van der Waals surface area contributed by atoms with E-state index in [1.165, 1.54) is 4.90 Å². The highest BCUT2D eigenvalue weighted by molar-refractivity contribution is 5.74. The third kappa shape index (κ3) is 2.41. The van der Waals surface area contributed by atoms with Crippen LogP contribution < -0.4 is 0 Å². The van der Waals surface area contributed by atoms with Crippen molar-refractivity contribution in [2.24, 2.45) is 5.92 Å². The number of aromatic nitrogens is 2. The van der Waals surface area contributed by atoms with Gasteiger partial charge in [0.15, 0.2) is 0 Å². The first kappa shape index (κ1) is 12.0. The molecule has 0 spiro atoms. The van der Waals surface area contributed by atoms with Crippen LogP contribution in [0.2, 0.25) is 0 Å². The molecular formula is C14H17N3O2. The summed E-state index contributed by atoms with van der Waals surface area (Å²) in [6, 6.07) is 8.08. The van der Waals surface area contributed by atoms with Crippen LogP contribution in [0.1, 0.15) is 12.8 Å². The minimum atomic E-state index is -0.796. The van der Waals surface area contributed by atoms with Crippen molar-refractivity contribution in [3.63, 3.8) is 0 Å². The average molecular weight is 259 g/mol. The third-order valence-corrected chi connectivity index (χ3v) is 3.86. The number of rotatable bonds is 3. The summed E-state index contributed by atoms with van der Waals surface area (Å²) in [6.07, 6.45) is 3.05. The Morgan fingerprint density at radius 2 is 2.26 bits per heavy atom. The number of amides is 1. The van der Waals surface area contributed by atoms with Gasteiger partial charge < -0.3 is 14.6 Å². The van der Waals surface area contributed by atoms with Crippen LogP contribution >= 0.6 is 0 Å². The van der Waals surface area contributed by atoms with Crippen LogP contribution in [0.15, 0.2) is 30.6 Å². The van der Waals surface area contributed by atoms with Gasteiger partial charge in [-0.2, -0.15) is 0 Å². The molecule has 5 nitrogen and oxygen atoms in total. The zero-order chi connectivity index (χ0) is 13.2. The molecule has 1 aliphatic rings. The van der Waals surface area contributed by atoms with Gasteiger partial charge >= 0.3 is 6.09 Å². The number of carbonyl (C=O) groups is 1. The Labute approximate surface area is 111 Å². The van der Waals surface area contributed by atoms with E-state index in [0.29, 0.717) is 19.0 Å². The number of aryl methyl sites for hydroxylation is 1. The van der Waals surface area contributed by atoms with Gasteiger partial charge in [0.25, 0.3) is 0 Å². The SMILES string of the molecule is O=C(O)N1CCC(CCn2cnc3ccccc32)C1. The molecule has 0 radical (unpaired) electrons. The van der Waals surface area contributed by atoms with Crippen LogP contribution in [0.4, 0.5) is 4.79 Å². The van der Waals surface area contributed by atoms with Crippen LogP contribution in [-0.2, 0) is 6.54 Å². The summed E-state index contributed by atoms with van der Waals surface area (Å²) in [7, 11) is 0. The van der Waals surface area contributed by atoms with E-state index in [1.54, 1.807) is 0 Å². The fourth-order valence-electron chi connectivity index (χ4n) is 2.75. The Morgan fingerprint density at radius 1 is 1.42 bits per heavy atom. The maximum atomic E-state index is 10.9. The van der Waals surface area contributed by atoms with E-state index in [9.17, 15) is 4.79 Å². The highest BCUT2D eigenvalue weighted by Crippen LogP contribution is 2.21. The molecule has 3 rings (SSSR count). The van der Waals surface area contributed by atoms with Crippen LogP contribution in [-0.4, -0.2) is 38.7 Å². The first-order valence-corrected chi connectivity index (χ1v) is 6.62. The molecule has 1 N–H and O–H groups in total. The summed E-state index contributed by atoms with van der Waals surface area (Å²) in [5.41, 5.74) is 2.16. The van der Waals surface area contributed by atoms with Gasteiger partial charge in [-0.3, -0.25) is 0 Å². The Hall–Kier alpha value is -2.04. The van der Waals surface area contributed by atoms with Crippen LogP contribution in [0.25, 0.3) is 11.0 Å². The highest BCUT2D eigenvalue weighted by Gasteiger charge is 2.25. The van der Waals surface area contributed by atoms with Crippen molar-refractivity contribution in [2.75, 3.05) is 13.1 Å². The van der Waals surface area contributed by atoms with Crippen molar-refractivity contribution in [3.05, 3.63) is 30.6 Å². The summed E-state index contributed by atoms with van der Waals surface area (Å²) in [4.78, 5) is 16.7. The summed E-state index contributed by atoms with van der Waals surface area (Å²) in [5.74, 6) is 0.470. The number of hydrogen-bond donors (Lipinski definition) is 1. The van der Waals surface area contributed by atoms with Crippen LogP contribution in [0.5, 0.6) is 0 Å². The van der Waals surface area contributed by atoms with Gasteiger partial charge in [0, 0.05) is 19.6 Å². The Balaban J connectivity index is 1.62. The maximum absolute atomic E-state index is 10.9. The number of carboxylic acid groups (broad SMARTS) is 1. The summed E-state index contributed by atoms with van der Waals surface area (Å²) < 4.78 is 2.15. The fraction of sp³-hybridized carbons (Fsp3) is 0.429. The molecule has 1 aromatic heterocycles. The van der Waals surface area contributed by atoms with E-state index in [4.69, 9.17) is 5.11 Å². The van der Waals surface area contributed by atoms with E-state index in [1.807, 2.05) is 24.5 Å². The zero-order valence-electron chi connectivity index (χ0n) is 10.7. The summed E-state index contributed by atoms with van der Waals surface area (Å²) in [6.45, 7) is 2.24. The zero-order valence-corrected chi connectivity index (χ0v) is 10.7. The summed E-state index contributed by atoms with van der Waals surface area (Å²) in [5, 5.41) is 8.94. The largest absolute Gasteiger partial charge is 0.465 e. The van der Waals surface area contributed by atoms with Crippen molar-refractivity contribution in [2.45, 2.75) is 19.4 Å². The van der Waals surface area contributed by atoms with E-state index in [2.05, 4.69) is 15.6 Å². The van der Waals surface area contributed by atoms with E-state index < -0.39 is 6.09 Å². The van der Waals surface area contributed by atoms with Gasteiger partial charge in [-0.25, -0.2) is 9.78 Å². The molecule has 100 valence electrons. The smallest absolute Gasteiger partial charge is 0.407 e. The lowest BCUT2D eigenvalue weighted by molar-refractivity contribution is 0.153. The van der Waals surface area contributed by atoms with Crippen molar-refractivity contribution in [3.8, 4) is 0 Å². The molecule has 19 heavy (non-hydrogen) atoms. The second-order valence-electron chi connectivity index (χ2n) is 5.10. The molecule has 1 unspecified atom stereocenters. The second kappa shape index (κ2) is 4.91. The Kier molecular flexibility index (Phi) is 3.11. The van der Waals surface area contributed by atoms with Gasteiger partial charge in [0.2, 0.25) is 0 Å². The first-order valence-electron chi connectivity index (χ1n) is 6.62. The minimum absolute atomic E-state index is 0.470. The van der Waals surface area contributed by atoms with Crippen molar-refractivity contribution < 1.29 is 9.90 Å². The predicted molar refractivity (Wildman–Crippen MR) is 72.1 cm³/mol. The molecule has 0 bridgehead atoms. The molecule has 0 aliphatic carbocycles. The number of imidazole rings is 1. The maximum Gasteiger partial charge on any atom is 0.407 e. The number of benzene rings is 1. The molecule has 2 aromatic rings. The normalized spacial score (nSPS) is 19.2. The molecule has 1 atom stereocenters. The van der Waals surface area contributed by atoms with Gasteiger partial charge in [-0.05, 0) is 30.9 Å². The van der Waals surface area contributed by atoms with Crippen LogP contribution in [0, 0.1) is 5.92 Å². The Morgan fingerprint density at radius 3 is 3.05 bits per heavy atom. The quantitative estimate of drug-likeness (QED) is 0.921. The number of nitrogens with zero attached hydrogens (tertiary/aromatic N) is 3. The van der Waals surface area contributed by atoms with Crippen molar-refractivity contribution >= 4 is 17.1 Å². The molecule has 1 saturated heterocycles. The predicted octanol–water partition coefficient (Wildman–Crippen LogP) is 2.43. The van der Waals surface area contributed by atoms with Gasteiger partial charge in [-0.15, -0.1) is 0 Å². The van der Waals surface area contributed by atoms with E-state index >= 15 is 0 Å². The average Bonchev–Trinajstić information content (AvgIpc) is 3.03. The number of likely N-dealkylation sites (tertiary alicyclic amines) is 1. The topological polar surface area (TPSA) is 58.4 Å². The molecule has 5 heteroatoms. The number of hydrogen-bond acceptors (Lipinski definition) is 2. The molecule has 1 aliphatic heterocycles. The number of fused-ring (bicyclic) bond motifs is 1. The lowest BCUT2D eigenvalue weighted by atomic mass is 10.1. The van der Waals surface area contributed by atoms with E-state index in [0.717, 1.165) is 30.4 Å². The molecule has 2 heterocycles. The van der Waals surface area contributed by atoms with Crippen LogP contribution in [0.3, 0.4) is 0 Å². The fourth-order valence-corrected chi connectivity index (χ4v) is 2.75. The molecule has 1 amide bonds. The van der Waals surface area contributed by atoms with Crippen molar-refractivity contribution in [1.82, 2.24) is 14.5 Å².